The summed E-state index contributed by atoms with van der Waals surface area (Å²) in [5.74, 6) is 5.63. The van der Waals surface area contributed by atoms with Crippen LogP contribution in [0.2, 0.25) is 0 Å². The number of thiophene rings is 1. The first-order valence-corrected chi connectivity index (χ1v) is 7.44. The summed E-state index contributed by atoms with van der Waals surface area (Å²) in [5.41, 5.74) is 0. The standard InChI is InChI=1S/C15H23NO2S/c1-4-13(2)16(9-11-18-3)12-15-8-7-14(19-15)6-5-10-17/h7-8,13,17H,4,9-12H2,1-3H3. The lowest BCUT2D eigenvalue weighted by molar-refractivity contribution is 0.119. The zero-order valence-electron chi connectivity index (χ0n) is 12.0. The molecule has 0 bridgehead atoms. The zero-order chi connectivity index (χ0) is 14.1. The number of hydrogen-bond acceptors (Lipinski definition) is 4. The molecule has 0 aliphatic rings. The zero-order valence-corrected chi connectivity index (χ0v) is 12.8. The maximum Gasteiger partial charge on any atom is 0.104 e. The van der Waals surface area contributed by atoms with Gasteiger partial charge in [-0.2, -0.15) is 0 Å². The molecule has 0 radical (unpaired) electrons. The van der Waals surface area contributed by atoms with E-state index in [9.17, 15) is 0 Å². The highest BCUT2D eigenvalue weighted by molar-refractivity contribution is 7.12. The Balaban J connectivity index is 2.64. The molecular weight excluding hydrogens is 258 g/mol. The Kier molecular flexibility index (Phi) is 7.76. The van der Waals surface area contributed by atoms with E-state index in [0.717, 1.165) is 31.0 Å². The highest BCUT2D eigenvalue weighted by Crippen LogP contribution is 2.19. The lowest BCUT2D eigenvalue weighted by Crippen LogP contribution is -2.34. The second-order valence-electron chi connectivity index (χ2n) is 4.45. The van der Waals surface area contributed by atoms with Crippen LogP contribution >= 0.6 is 11.3 Å². The summed E-state index contributed by atoms with van der Waals surface area (Å²) in [4.78, 5) is 4.75. The molecule has 0 saturated carbocycles. The summed E-state index contributed by atoms with van der Waals surface area (Å²) < 4.78 is 5.17. The van der Waals surface area contributed by atoms with Gasteiger partial charge < -0.3 is 9.84 Å². The van der Waals surface area contributed by atoms with Crippen molar-refractivity contribution >= 4 is 11.3 Å². The number of rotatable bonds is 7. The molecule has 0 spiro atoms. The van der Waals surface area contributed by atoms with Gasteiger partial charge in [0.1, 0.15) is 6.61 Å². The molecule has 1 atom stereocenters. The maximum atomic E-state index is 8.69. The third-order valence-corrected chi connectivity index (χ3v) is 4.09. The molecule has 1 aromatic heterocycles. The fourth-order valence-electron chi connectivity index (χ4n) is 1.78. The number of ether oxygens (including phenoxy) is 1. The Morgan fingerprint density at radius 2 is 2.26 bits per heavy atom. The quantitative estimate of drug-likeness (QED) is 0.779. The maximum absolute atomic E-state index is 8.69. The first kappa shape index (κ1) is 16.2. The number of methoxy groups -OCH3 is 1. The van der Waals surface area contributed by atoms with E-state index in [1.165, 1.54) is 4.88 Å². The van der Waals surface area contributed by atoms with Crippen LogP contribution in [-0.2, 0) is 11.3 Å². The third-order valence-electron chi connectivity index (χ3n) is 3.11. The van der Waals surface area contributed by atoms with Gasteiger partial charge in [0, 0.05) is 31.1 Å². The monoisotopic (exact) mass is 281 g/mol. The predicted octanol–water partition coefficient (Wildman–Crippen LogP) is 2.34. The molecule has 0 aliphatic heterocycles. The molecule has 1 heterocycles. The minimum Gasteiger partial charge on any atom is -0.384 e. The smallest absolute Gasteiger partial charge is 0.104 e. The molecule has 1 aromatic rings. The van der Waals surface area contributed by atoms with E-state index >= 15 is 0 Å². The van der Waals surface area contributed by atoms with Gasteiger partial charge in [-0.15, -0.1) is 11.3 Å². The van der Waals surface area contributed by atoms with Crippen LogP contribution in [0.1, 0.15) is 30.0 Å². The van der Waals surface area contributed by atoms with E-state index < -0.39 is 0 Å². The van der Waals surface area contributed by atoms with Crippen molar-refractivity contribution in [1.29, 1.82) is 0 Å². The van der Waals surface area contributed by atoms with Crippen LogP contribution < -0.4 is 0 Å². The number of hydrogen-bond donors (Lipinski definition) is 1. The molecule has 19 heavy (non-hydrogen) atoms. The molecule has 4 heteroatoms. The van der Waals surface area contributed by atoms with Crippen molar-refractivity contribution in [2.24, 2.45) is 0 Å². The van der Waals surface area contributed by atoms with Gasteiger partial charge in [-0.05, 0) is 25.5 Å². The van der Waals surface area contributed by atoms with Crippen LogP contribution in [-0.4, -0.2) is 42.9 Å². The van der Waals surface area contributed by atoms with Crippen LogP contribution in [0.4, 0.5) is 0 Å². The van der Waals surface area contributed by atoms with E-state index in [-0.39, 0.29) is 6.61 Å². The highest BCUT2D eigenvalue weighted by atomic mass is 32.1. The summed E-state index contributed by atoms with van der Waals surface area (Å²) in [7, 11) is 1.74. The summed E-state index contributed by atoms with van der Waals surface area (Å²) in [6, 6.07) is 4.69. The lowest BCUT2D eigenvalue weighted by atomic mass is 10.2. The van der Waals surface area contributed by atoms with Gasteiger partial charge in [-0.1, -0.05) is 18.8 Å². The van der Waals surface area contributed by atoms with E-state index in [1.807, 2.05) is 6.07 Å². The molecule has 3 nitrogen and oxygen atoms in total. The fraction of sp³-hybridized carbons (Fsp3) is 0.600. The third kappa shape index (κ3) is 5.75. The molecule has 1 unspecified atom stereocenters. The molecule has 1 N–H and O–H groups in total. The average Bonchev–Trinajstić information content (AvgIpc) is 2.87. The molecule has 106 valence electrons. The first-order valence-electron chi connectivity index (χ1n) is 6.62. The highest BCUT2D eigenvalue weighted by Gasteiger charge is 2.13. The van der Waals surface area contributed by atoms with Crippen molar-refractivity contribution in [3.8, 4) is 11.8 Å². The Hall–Kier alpha value is -0.860. The van der Waals surface area contributed by atoms with Gasteiger partial charge in [-0.3, -0.25) is 4.90 Å². The van der Waals surface area contributed by atoms with Crippen molar-refractivity contribution in [3.05, 3.63) is 21.9 Å². The Morgan fingerprint density at radius 1 is 1.47 bits per heavy atom. The molecule has 0 saturated heterocycles. The Morgan fingerprint density at radius 3 is 2.89 bits per heavy atom. The Bertz CT molecular complexity index is 419. The summed E-state index contributed by atoms with van der Waals surface area (Å²) in [5, 5.41) is 8.69. The second-order valence-corrected chi connectivity index (χ2v) is 5.61. The molecule has 0 amide bonds. The summed E-state index contributed by atoms with van der Waals surface area (Å²) in [6.45, 7) is 7.00. The van der Waals surface area contributed by atoms with Crippen molar-refractivity contribution in [2.45, 2.75) is 32.9 Å². The summed E-state index contributed by atoms with van der Waals surface area (Å²) >= 11 is 1.70. The molecule has 0 aliphatic carbocycles. The van der Waals surface area contributed by atoms with Crippen molar-refractivity contribution < 1.29 is 9.84 Å². The molecule has 0 aromatic carbocycles. The molecule has 1 rings (SSSR count). The SMILES string of the molecule is CCC(C)N(CCOC)Cc1ccc(C#CCO)s1. The van der Waals surface area contributed by atoms with E-state index in [0.29, 0.717) is 6.04 Å². The second kappa shape index (κ2) is 9.11. The van der Waals surface area contributed by atoms with Gasteiger partial charge in [0.25, 0.3) is 0 Å². The minimum atomic E-state index is -0.0833. The Labute approximate surface area is 120 Å². The summed E-state index contributed by atoms with van der Waals surface area (Å²) in [6.07, 6.45) is 1.13. The average molecular weight is 281 g/mol. The fourth-order valence-corrected chi connectivity index (χ4v) is 2.69. The van der Waals surface area contributed by atoms with Gasteiger partial charge in [0.15, 0.2) is 0 Å². The van der Waals surface area contributed by atoms with Gasteiger partial charge in [-0.25, -0.2) is 0 Å². The van der Waals surface area contributed by atoms with Crippen molar-refractivity contribution in [2.75, 3.05) is 26.9 Å². The predicted molar refractivity (Wildman–Crippen MR) is 80.3 cm³/mol. The number of aliphatic hydroxyl groups is 1. The van der Waals surface area contributed by atoms with Gasteiger partial charge in [0.2, 0.25) is 0 Å². The largest absolute Gasteiger partial charge is 0.384 e. The van der Waals surface area contributed by atoms with E-state index in [1.54, 1.807) is 18.4 Å². The van der Waals surface area contributed by atoms with Crippen LogP contribution in [0, 0.1) is 11.8 Å². The van der Waals surface area contributed by atoms with Crippen molar-refractivity contribution in [1.82, 2.24) is 4.90 Å². The van der Waals surface area contributed by atoms with Crippen LogP contribution in [0.15, 0.2) is 12.1 Å². The van der Waals surface area contributed by atoms with Crippen LogP contribution in [0.5, 0.6) is 0 Å². The van der Waals surface area contributed by atoms with E-state index in [4.69, 9.17) is 9.84 Å². The first-order chi connectivity index (χ1) is 9.21. The minimum absolute atomic E-state index is 0.0833. The lowest BCUT2D eigenvalue weighted by Gasteiger charge is -2.27. The molecule has 0 fully saturated rings. The van der Waals surface area contributed by atoms with Gasteiger partial charge in [0.05, 0.1) is 11.5 Å². The van der Waals surface area contributed by atoms with Crippen LogP contribution in [0.3, 0.4) is 0 Å². The molecular formula is C15H23NO2S. The van der Waals surface area contributed by atoms with Gasteiger partial charge >= 0.3 is 0 Å². The van der Waals surface area contributed by atoms with Crippen LogP contribution in [0.25, 0.3) is 0 Å². The topological polar surface area (TPSA) is 32.7 Å². The normalized spacial score (nSPS) is 12.3. The number of nitrogens with zero attached hydrogens (tertiary/aromatic N) is 1. The number of aliphatic hydroxyl groups excluding tert-OH is 1. The van der Waals surface area contributed by atoms with E-state index in [2.05, 4.69) is 36.7 Å². The van der Waals surface area contributed by atoms with Crippen molar-refractivity contribution in [3.63, 3.8) is 0 Å².